The molecular formula is C14H21N3O. The molecule has 1 aliphatic heterocycles. The number of amides is 1. The average molecular weight is 247 g/mol. The fraction of sp³-hybridized carbons (Fsp3) is 0.500. The number of anilines is 1. The average Bonchev–Trinajstić information content (AvgIpc) is 2.52. The fourth-order valence-electron chi connectivity index (χ4n) is 2.33. The third kappa shape index (κ3) is 2.64. The molecule has 98 valence electrons. The molecule has 1 saturated heterocycles. The number of nitrogens with zero attached hydrogens (tertiary/aromatic N) is 2. The van der Waals surface area contributed by atoms with Crippen molar-refractivity contribution in [1.29, 1.82) is 0 Å². The van der Waals surface area contributed by atoms with Gasteiger partial charge in [0, 0.05) is 32.4 Å². The number of hydrogen-bond donors (Lipinski definition) is 1. The van der Waals surface area contributed by atoms with Crippen molar-refractivity contribution < 1.29 is 4.79 Å². The molecular weight excluding hydrogens is 226 g/mol. The highest BCUT2D eigenvalue weighted by Gasteiger charge is 2.20. The van der Waals surface area contributed by atoms with Gasteiger partial charge >= 0.3 is 0 Å². The molecule has 1 amide bonds. The molecule has 2 N–H and O–H groups in total. The van der Waals surface area contributed by atoms with Crippen LogP contribution in [0.4, 0.5) is 5.69 Å². The maximum atomic E-state index is 11.9. The topological polar surface area (TPSA) is 49.6 Å². The molecule has 1 aromatic carbocycles. The third-order valence-corrected chi connectivity index (χ3v) is 3.47. The molecule has 1 fully saturated rings. The van der Waals surface area contributed by atoms with Crippen LogP contribution in [0.15, 0.2) is 18.2 Å². The van der Waals surface area contributed by atoms with Crippen LogP contribution in [0.2, 0.25) is 0 Å². The van der Waals surface area contributed by atoms with Crippen molar-refractivity contribution in [2.24, 2.45) is 5.73 Å². The smallest absolute Gasteiger partial charge is 0.241 e. The number of rotatable bonds is 2. The van der Waals surface area contributed by atoms with Gasteiger partial charge < -0.3 is 15.5 Å². The second kappa shape index (κ2) is 5.40. The van der Waals surface area contributed by atoms with Crippen LogP contribution < -0.4 is 10.6 Å². The Hall–Kier alpha value is -1.55. The van der Waals surface area contributed by atoms with Crippen molar-refractivity contribution in [2.75, 3.05) is 31.6 Å². The van der Waals surface area contributed by atoms with E-state index >= 15 is 0 Å². The van der Waals surface area contributed by atoms with Gasteiger partial charge in [-0.2, -0.15) is 0 Å². The Morgan fingerprint density at radius 3 is 2.83 bits per heavy atom. The lowest BCUT2D eigenvalue weighted by Crippen LogP contribution is -2.34. The van der Waals surface area contributed by atoms with Gasteiger partial charge in [0.25, 0.3) is 0 Å². The van der Waals surface area contributed by atoms with Crippen LogP contribution in [-0.2, 0) is 11.3 Å². The van der Waals surface area contributed by atoms with Gasteiger partial charge in [0.15, 0.2) is 0 Å². The Balaban J connectivity index is 2.29. The molecule has 0 saturated carbocycles. The number of nitrogens with two attached hydrogens (primary N) is 1. The number of carbonyl (C=O) groups excluding carboxylic acids is 1. The molecule has 0 radical (unpaired) electrons. The summed E-state index contributed by atoms with van der Waals surface area (Å²) in [5.74, 6) is 0.178. The highest BCUT2D eigenvalue weighted by Crippen LogP contribution is 2.23. The van der Waals surface area contributed by atoms with Gasteiger partial charge in [0.2, 0.25) is 5.91 Å². The zero-order valence-corrected chi connectivity index (χ0v) is 11.1. The van der Waals surface area contributed by atoms with Crippen LogP contribution in [0.5, 0.6) is 0 Å². The zero-order valence-electron chi connectivity index (χ0n) is 11.1. The molecule has 0 aliphatic carbocycles. The van der Waals surface area contributed by atoms with E-state index in [1.165, 1.54) is 5.56 Å². The highest BCUT2D eigenvalue weighted by molar-refractivity contribution is 5.82. The Morgan fingerprint density at radius 1 is 1.33 bits per heavy atom. The van der Waals surface area contributed by atoms with Gasteiger partial charge in [-0.3, -0.25) is 4.79 Å². The molecule has 18 heavy (non-hydrogen) atoms. The van der Waals surface area contributed by atoms with Crippen LogP contribution in [0.3, 0.4) is 0 Å². The quantitative estimate of drug-likeness (QED) is 0.852. The van der Waals surface area contributed by atoms with E-state index in [-0.39, 0.29) is 5.91 Å². The summed E-state index contributed by atoms with van der Waals surface area (Å²) >= 11 is 0. The highest BCUT2D eigenvalue weighted by atomic mass is 16.2. The lowest BCUT2D eigenvalue weighted by Gasteiger charge is -2.25. The normalized spacial score (nSPS) is 16.9. The first-order valence-corrected chi connectivity index (χ1v) is 6.40. The zero-order chi connectivity index (χ0) is 13.1. The molecule has 0 spiro atoms. The van der Waals surface area contributed by atoms with Crippen LogP contribution in [0.1, 0.15) is 17.5 Å². The summed E-state index contributed by atoms with van der Waals surface area (Å²) in [4.78, 5) is 15.9. The lowest BCUT2D eigenvalue weighted by atomic mass is 10.1. The van der Waals surface area contributed by atoms with E-state index in [4.69, 9.17) is 5.73 Å². The van der Waals surface area contributed by atoms with E-state index in [1.807, 2.05) is 7.05 Å². The molecule has 2 rings (SSSR count). The van der Waals surface area contributed by atoms with Crippen LogP contribution in [0, 0.1) is 6.92 Å². The Labute approximate surface area is 108 Å². The fourth-order valence-corrected chi connectivity index (χ4v) is 2.33. The van der Waals surface area contributed by atoms with Gasteiger partial charge in [0.1, 0.15) is 0 Å². The number of aryl methyl sites for hydroxylation is 1. The second-order valence-corrected chi connectivity index (χ2v) is 4.93. The van der Waals surface area contributed by atoms with E-state index in [0.29, 0.717) is 13.1 Å². The molecule has 4 heteroatoms. The van der Waals surface area contributed by atoms with Crippen LogP contribution in [0.25, 0.3) is 0 Å². The minimum Gasteiger partial charge on any atom is -0.362 e. The molecule has 0 bridgehead atoms. The SMILES string of the molecule is Cc1ccc(CN)c(N2CCCN(C)C(=O)C2)c1. The minimum atomic E-state index is 0.178. The molecule has 1 aromatic rings. The van der Waals surface area contributed by atoms with Crippen molar-refractivity contribution in [3.05, 3.63) is 29.3 Å². The second-order valence-electron chi connectivity index (χ2n) is 4.93. The molecule has 0 aromatic heterocycles. The van der Waals surface area contributed by atoms with Gasteiger partial charge in [-0.1, -0.05) is 12.1 Å². The summed E-state index contributed by atoms with van der Waals surface area (Å²) in [5.41, 5.74) is 9.21. The summed E-state index contributed by atoms with van der Waals surface area (Å²) in [7, 11) is 1.87. The molecule has 4 nitrogen and oxygen atoms in total. The summed E-state index contributed by atoms with van der Waals surface area (Å²) in [5, 5.41) is 0. The maximum Gasteiger partial charge on any atom is 0.241 e. The standard InChI is InChI=1S/C14H21N3O/c1-11-4-5-12(9-15)13(8-11)17-7-3-6-16(2)14(18)10-17/h4-5,8H,3,6-7,9-10,15H2,1-2H3. The van der Waals surface area contributed by atoms with Gasteiger partial charge in [-0.25, -0.2) is 0 Å². The monoisotopic (exact) mass is 247 g/mol. The van der Waals surface area contributed by atoms with Crippen molar-refractivity contribution in [2.45, 2.75) is 19.9 Å². The van der Waals surface area contributed by atoms with Gasteiger partial charge in [0.05, 0.1) is 6.54 Å². The van der Waals surface area contributed by atoms with E-state index in [1.54, 1.807) is 4.90 Å². The largest absolute Gasteiger partial charge is 0.362 e. The van der Waals surface area contributed by atoms with E-state index in [0.717, 1.165) is 30.8 Å². The first kappa shape index (κ1) is 12.9. The predicted octanol–water partition coefficient (Wildman–Crippen LogP) is 1.12. The lowest BCUT2D eigenvalue weighted by molar-refractivity contribution is -0.127. The summed E-state index contributed by atoms with van der Waals surface area (Å²) in [6.45, 7) is 4.77. The Bertz CT molecular complexity index is 445. The Kier molecular flexibility index (Phi) is 3.87. The van der Waals surface area contributed by atoms with Gasteiger partial charge in [-0.15, -0.1) is 0 Å². The molecule has 1 heterocycles. The number of hydrogen-bond acceptors (Lipinski definition) is 3. The Morgan fingerprint density at radius 2 is 2.11 bits per heavy atom. The summed E-state index contributed by atoms with van der Waals surface area (Å²) < 4.78 is 0. The summed E-state index contributed by atoms with van der Waals surface area (Å²) in [6, 6.07) is 6.25. The van der Waals surface area contributed by atoms with Gasteiger partial charge in [-0.05, 0) is 30.5 Å². The predicted molar refractivity (Wildman–Crippen MR) is 73.5 cm³/mol. The van der Waals surface area contributed by atoms with Crippen molar-refractivity contribution in [3.8, 4) is 0 Å². The summed E-state index contributed by atoms with van der Waals surface area (Å²) in [6.07, 6.45) is 1.00. The third-order valence-electron chi connectivity index (χ3n) is 3.47. The molecule has 1 aliphatic rings. The first-order chi connectivity index (χ1) is 8.61. The van der Waals surface area contributed by atoms with Crippen molar-refractivity contribution >= 4 is 11.6 Å². The van der Waals surface area contributed by atoms with Crippen molar-refractivity contribution in [1.82, 2.24) is 4.90 Å². The maximum absolute atomic E-state index is 11.9. The molecule has 0 atom stereocenters. The van der Waals surface area contributed by atoms with Crippen molar-refractivity contribution in [3.63, 3.8) is 0 Å². The first-order valence-electron chi connectivity index (χ1n) is 6.40. The van der Waals surface area contributed by atoms with E-state index < -0.39 is 0 Å². The van der Waals surface area contributed by atoms with E-state index in [9.17, 15) is 4.79 Å². The van der Waals surface area contributed by atoms with E-state index in [2.05, 4.69) is 30.0 Å². The number of likely N-dealkylation sites (N-methyl/N-ethyl adjacent to an activating group) is 1. The van der Waals surface area contributed by atoms with Crippen LogP contribution >= 0.6 is 0 Å². The minimum absolute atomic E-state index is 0.178. The number of carbonyl (C=O) groups is 1. The number of benzene rings is 1. The molecule has 0 unspecified atom stereocenters. The van der Waals surface area contributed by atoms with Crippen LogP contribution in [-0.4, -0.2) is 37.5 Å².